The number of aromatic hydroxyl groups is 1. The van der Waals surface area contributed by atoms with Crippen molar-refractivity contribution in [1.29, 1.82) is 0 Å². The lowest BCUT2D eigenvalue weighted by Gasteiger charge is -2.23. The first-order valence-electron chi connectivity index (χ1n) is 6.86. The molecule has 7 nitrogen and oxygen atoms in total. The SMILES string of the molecule is CCCC(C(=O)O)n1cc(O)c(=O)cc1CN(C)CCO. The number of aromatic nitrogens is 1. The summed E-state index contributed by atoms with van der Waals surface area (Å²) in [5.74, 6) is -1.48. The van der Waals surface area contributed by atoms with Crippen LogP contribution >= 0.6 is 0 Å². The van der Waals surface area contributed by atoms with Crippen molar-refractivity contribution in [3.05, 3.63) is 28.2 Å². The molecule has 118 valence electrons. The van der Waals surface area contributed by atoms with Gasteiger partial charge in [-0.3, -0.25) is 9.69 Å². The van der Waals surface area contributed by atoms with Crippen LogP contribution in [0.4, 0.5) is 0 Å². The van der Waals surface area contributed by atoms with E-state index in [0.29, 0.717) is 31.6 Å². The number of likely N-dealkylation sites (N-methyl/N-ethyl adjacent to an activating group) is 1. The molecule has 1 heterocycles. The van der Waals surface area contributed by atoms with E-state index in [1.165, 1.54) is 16.8 Å². The van der Waals surface area contributed by atoms with Gasteiger partial charge in [-0.1, -0.05) is 13.3 Å². The Kier molecular flexibility index (Phi) is 6.39. The van der Waals surface area contributed by atoms with Gasteiger partial charge < -0.3 is 19.9 Å². The number of carbonyl (C=O) groups is 1. The molecule has 1 aromatic heterocycles. The normalized spacial score (nSPS) is 12.6. The average molecular weight is 298 g/mol. The third-order valence-corrected chi connectivity index (χ3v) is 3.24. The zero-order valence-electron chi connectivity index (χ0n) is 12.3. The third kappa shape index (κ3) is 4.57. The summed E-state index contributed by atoms with van der Waals surface area (Å²) in [6.07, 6.45) is 2.24. The Labute approximate surface area is 123 Å². The lowest BCUT2D eigenvalue weighted by atomic mass is 10.1. The molecule has 0 fully saturated rings. The van der Waals surface area contributed by atoms with Crippen molar-refractivity contribution >= 4 is 5.97 Å². The quantitative estimate of drug-likeness (QED) is 0.642. The predicted octanol–water partition coefficient (Wildman–Crippen LogP) is 0.404. The van der Waals surface area contributed by atoms with E-state index in [9.17, 15) is 19.8 Å². The summed E-state index contributed by atoms with van der Waals surface area (Å²) in [5.41, 5.74) is -0.0473. The molecule has 0 aliphatic heterocycles. The Morgan fingerprint density at radius 1 is 1.48 bits per heavy atom. The standard InChI is InChI=1S/C14H22N2O5/c1-3-4-11(14(20)21)16-9-13(19)12(18)7-10(16)8-15(2)5-6-17/h7,9,11,17,19H,3-6,8H2,1-2H3,(H,20,21). The van der Waals surface area contributed by atoms with E-state index in [1.807, 2.05) is 6.92 Å². The summed E-state index contributed by atoms with van der Waals surface area (Å²) in [6.45, 7) is 2.55. The number of carboxylic acid groups (broad SMARTS) is 1. The number of aliphatic hydroxyl groups excluding tert-OH is 1. The molecule has 0 amide bonds. The highest BCUT2D eigenvalue weighted by atomic mass is 16.4. The first-order valence-corrected chi connectivity index (χ1v) is 6.86. The molecular formula is C14H22N2O5. The van der Waals surface area contributed by atoms with E-state index in [2.05, 4.69) is 0 Å². The van der Waals surface area contributed by atoms with Gasteiger partial charge in [0.05, 0.1) is 12.8 Å². The van der Waals surface area contributed by atoms with Gasteiger partial charge in [-0.15, -0.1) is 0 Å². The van der Waals surface area contributed by atoms with Gasteiger partial charge in [0.25, 0.3) is 0 Å². The van der Waals surface area contributed by atoms with Crippen LogP contribution in [-0.4, -0.2) is 51.0 Å². The van der Waals surface area contributed by atoms with Gasteiger partial charge in [-0.25, -0.2) is 4.79 Å². The molecule has 0 aromatic carbocycles. The Hall–Kier alpha value is -1.86. The minimum atomic E-state index is -1.01. The number of aliphatic hydroxyl groups is 1. The summed E-state index contributed by atoms with van der Waals surface area (Å²) in [4.78, 5) is 24.8. The molecule has 0 bridgehead atoms. The largest absolute Gasteiger partial charge is 0.503 e. The molecule has 3 N–H and O–H groups in total. The van der Waals surface area contributed by atoms with Crippen molar-refractivity contribution in [3.8, 4) is 5.75 Å². The summed E-state index contributed by atoms with van der Waals surface area (Å²) < 4.78 is 1.43. The summed E-state index contributed by atoms with van der Waals surface area (Å²) >= 11 is 0. The van der Waals surface area contributed by atoms with Crippen LogP contribution in [0, 0.1) is 0 Å². The van der Waals surface area contributed by atoms with Crippen molar-refractivity contribution in [1.82, 2.24) is 9.47 Å². The molecule has 7 heteroatoms. The minimum Gasteiger partial charge on any atom is -0.503 e. The molecule has 0 radical (unpaired) electrons. The van der Waals surface area contributed by atoms with E-state index in [-0.39, 0.29) is 6.61 Å². The van der Waals surface area contributed by atoms with E-state index >= 15 is 0 Å². The zero-order chi connectivity index (χ0) is 16.0. The molecule has 0 aliphatic carbocycles. The molecule has 0 saturated carbocycles. The van der Waals surface area contributed by atoms with Gasteiger partial charge in [-0.05, 0) is 13.5 Å². The number of nitrogens with zero attached hydrogens (tertiary/aromatic N) is 2. The molecule has 21 heavy (non-hydrogen) atoms. The average Bonchev–Trinajstić information content (AvgIpc) is 2.40. The van der Waals surface area contributed by atoms with Crippen molar-refractivity contribution in [3.63, 3.8) is 0 Å². The molecule has 1 aromatic rings. The van der Waals surface area contributed by atoms with Crippen LogP contribution in [0.2, 0.25) is 0 Å². The van der Waals surface area contributed by atoms with Crippen LogP contribution in [0.5, 0.6) is 5.75 Å². The smallest absolute Gasteiger partial charge is 0.326 e. The second-order valence-corrected chi connectivity index (χ2v) is 5.03. The maximum atomic E-state index is 11.6. The number of pyridine rings is 1. The van der Waals surface area contributed by atoms with Gasteiger partial charge in [-0.2, -0.15) is 0 Å². The molecule has 0 aliphatic rings. The summed E-state index contributed by atoms with van der Waals surface area (Å²) in [6, 6.07) is 0.411. The molecular weight excluding hydrogens is 276 g/mol. The van der Waals surface area contributed by atoms with Crippen molar-refractivity contribution in [2.24, 2.45) is 0 Å². The zero-order valence-corrected chi connectivity index (χ0v) is 12.3. The minimum absolute atomic E-state index is 0.0316. The Morgan fingerprint density at radius 3 is 2.67 bits per heavy atom. The van der Waals surface area contributed by atoms with Crippen LogP contribution in [-0.2, 0) is 11.3 Å². The van der Waals surface area contributed by atoms with Crippen LogP contribution in [0.15, 0.2) is 17.1 Å². The van der Waals surface area contributed by atoms with E-state index in [0.717, 1.165) is 0 Å². The molecule has 1 atom stereocenters. The maximum absolute atomic E-state index is 11.6. The second kappa shape index (κ2) is 7.80. The topological polar surface area (TPSA) is 103 Å². The number of hydrogen-bond acceptors (Lipinski definition) is 5. The maximum Gasteiger partial charge on any atom is 0.326 e. The van der Waals surface area contributed by atoms with E-state index in [1.54, 1.807) is 11.9 Å². The number of hydrogen-bond donors (Lipinski definition) is 3. The van der Waals surface area contributed by atoms with E-state index < -0.39 is 23.2 Å². The van der Waals surface area contributed by atoms with Gasteiger partial charge >= 0.3 is 5.97 Å². The summed E-state index contributed by atoms with van der Waals surface area (Å²) in [5, 5.41) is 27.8. The fraction of sp³-hybridized carbons (Fsp3) is 0.571. The Balaban J connectivity index is 3.23. The van der Waals surface area contributed by atoms with Gasteiger partial charge in [0.2, 0.25) is 5.43 Å². The molecule has 0 saturated heterocycles. The highest BCUT2D eigenvalue weighted by Gasteiger charge is 2.21. The van der Waals surface area contributed by atoms with E-state index in [4.69, 9.17) is 5.11 Å². The molecule has 1 unspecified atom stereocenters. The fourth-order valence-corrected chi connectivity index (χ4v) is 2.18. The van der Waals surface area contributed by atoms with Gasteiger partial charge in [0.1, 0.15) is 6.04 Å². The van der Waals surface area contributed by atoms with Gasteiger partial charge in [0, 0.05) is 24.8 Å². The first kappa shape index (κ1) is 17.2. The number of aliphatic carboxylic acids is 1. The van der Waals surface area contributed by atoms with Crippen LogP contribution < -0.4 is 5.43 Å². The van der Waals surface area contributed by atoms with Crippen LogP contribution in [0.25, 0.3) is 0 Å². The summed E-state index contributed by atoms with van der Waals surface area (Å²) in [7, 11) is 1.76. The number of carboxylic acids is 1. The van der Waals surface area contributed by atoms with Crippen molar-refractivity contribution in [2.45, 2.75) is 32.4 Å². The highest BCUT2D eigenvalue weighted by Crippen LogP contribution is 2.19. The Morgan fingerprint density at radius 2 is 2.14 bits per heavy atom. The van der Waals surface area contributed by atoms with Crippen molar-refractivity contribution < 1.29 is 20.1 Å². The lowest BCUT2D eigenvalue weighted by Crippen LogP contribution is -2.28. The van der Waals surface area contributed by atoms with Crippen LogP contribution in [0.3, 0.4) is 0 Å². The van der Waals surface area contributed by atoms with Crippen molar-refractivity contribution in [2.75, 3.05) is 20.2 Å². The third-order valence-electron chi connectivity index (χ3n) is 3.24. The molecule has 1 rings (SSSR count). The second-order valence-electron chi connectivity index (χ2n) is 5.03. The van der Waals surface area contributed by atoms with Crippen LogP contribution in [0.1, 0.15) is 31.5 Å². The van der Waals surface area contributed by atoms with Gasteiger partial charge in [0.15, 0.2) is 5.75 Å². The molecule has 0 spiro atoms. The predicted molar refractivity (Wildman–Crippen MR) is 77.4 cm³/mol. The lowest BCUT2D eigenvalue weighted by molar-refractivity contribution is -0.141. The Bertz CT molecular complexity index is 541. The first-order chi connectivity index (χ1) is 9.90. The fourth-order valence-electron chi connectivity index (χ4n) is 2.18. The highest BCUT2D eigenvalue weighted by molar-refractivity contribution is 5.72. The number of rotatable bonds is 8. The monoisotopic (exact) mass is 298 g/mol.